The number of benzene rings is 2. The highest BCUT2D eigenvalue weighted by Crippen LogP contribution is 2.32. The van der Waals surface area contributed by atoms with Crippen molar-refractivity contribution in [3.8, 4) is 0 Å². The summed E-state index contributed by atoms with van der Waals surface area (Å²) < 4.78 is 0.562. The third-order valence-corrected chi connectivity index (χ3v) is 6.62. The van der Waals surface area contributed by atoms with Crippen LogP contribution < -0.4 is 5.32 Å². The molecule has 6 nitrogen and oxygen atoms in total. The first-order chi connectivity index (χ1) is 15.9. The minimum atomic E-state index is -1.04. The zero-order chi connectivity index (χ0) is 23.8. The number of nitrogens with one attached hydrogen (secondary N) is 1. The average molecular weight is 483 g/mol. The molecule has 1 fully saturated rings. The van der Waals surface area contributed by atoms with E-state index in [-0.39, 0.29) is 17.4 Å². The molecule has 1 heterocycles. The van der Waals surface area contributed by atoms with Crippen LogP contribution in [0.25, 0.3) is 6.08 Å². The molecule has 2 aromatic rings. The number of hydrogen-bond acceptors (Lipinski definition) is 5. The predicted octanol–water partition coefficient (Wildman–Crippen LogP) is 5.35. The lowest BCUT2D eigenvalue weighted by molar-refractivity contribution is -0.122. The minimum absolute atomic E-state index is 0.0689. The minimum Gasteiger partial charge on any atom is -0.478 e. The Bertz CT molecular complexity index is 1080. The number of carbonyl (C=O) groups is 3. The first-order valence-corrected chi connectivity index (χ1v) is 12.1. The number of anilines is 1. The molecular weight excluding hydrogens is 456 g/mol. The Labute approximate surface area is 203 Å². The maximum absolute atomic E-state index is 12.7. The number of aryl methyl sites for hydroxylation is 1. The summed E-state index contributed by atoms with van der Waals surface area (Å²) in [4.78, 5) is 38.1. The third kappa shape index (κ3) is 7.00. The fourth-order valence-corrected chi connectivity index (χ4v) is 4.69. The summed E-state index contributed by atoms with van der Waals surface area (Å²) >= 11 is 6.72. The lowest BCUT2D eigenvalue weighted by atomic mass is 10.1. The smallest absolute Gasteiger partial charge is 0.335 e. The highest BCUT2D eigenvalue weighted by molar-refractivity contribution is 8.26. The second kappa shape index (κ2) is 11.8. The first-order valence-electron chi connectivity index (χ1n) is 10.8. The van der Waals surface area contributed by atoms with Crippen LogP contribution in [0.5, 0.6) is 0 Å². The van der Waals surface area contributed by atoms with Gasteiger partial charge in [-0.3, -0.25) is 14.5 Å². The van der Waals surface area contributed by atoms with Crippen molar-refractivity contribution >= 4 is 57.8 Å². The van der Waals surface area contributed by atoms with Gasteiger partial charge < -0.3 is 10.4 Å². The van der Waals surface area contributed by atoms with Gasteiger partial charge in [-0.05, 0) is 54.7 Å². The third-order valence-electron chi connectivity index (χ3n) is 5.24. The molecule has 2 amide bonds. The molecular formula is C25H26N2O4S2. The van der Waals surface area contributed by atoms with E-state index in [0.29, 0.717) is 34.3 Å². The molecule has 0 saturated carbocycles. The molecule has 0 unspecified atom stereocenters. The molecule has 8 heteroatoms. The molecule has 0 spiro atoms. The van der Waals surface area contributed by atoms with Crippen LogP contribution in [0.1, 0.15) is 54.1 Å². The van der Waals surface area contributed by atoms with Crippen LogP contribution in [-0.4, -0.2) is 38.7 Å². The van der Waals surface area contributed by atoms with Crippen molar-refractivity contribution in [3.05, 3.63) is 70.1 Å². The lowest BCUT2D eigenvalue weighted by Crippen LogP contribution is -2.29. The van der Waals surface area contributed by atoms with Crippen molar-refractivity contribution in [2.24, 2.45) is 0 Å². The highest BCUT2D eigenvalue weighted by atomic mass is 32.2. The summed E-state index contributed by atoms with van der Waals surface area (Å²) in [5.41, 5.74) is 2.83. The van der Waals surface area contributed by atoms with Gasteiger partial charge in [-0.1, -0.05) is 67.7 Å². The fraction of sp³-hybridized carbons (Fsp3) is 0.280. The predicted molar refractivity (Wildman–Crippen MR) is 136 cm³/mol. The Morgan fingerprint density at radius 2 is 1.88 bits per heavy atom. The van der Waals surface area contributed by atoms with Crippen LogP contribution in [0.3, 0.4) is 0 Å². The second-order valence-corrected chi connectivity index (χ2v) is 9.35. The zero-order valence-corrected chi connectivity index (χ0v) is 20.0. The number of thiocarbonyl (C=S) groups is 1. The summed E-state index contributed by atoms with van der Waals surface area (Å²) in [6.45, 7) is 2.63. The molecule has 1 aliphatic heterocycles. The van der Waals surface area contributed by atoms with Crippen LogP contribution in [0, 0.1) is 0 Å². The van der Waals surface area contributed by atoms with Gasteiger partial charge in [0, 0.05) is 18.7 Å². The largest absolute Gasteiger partial charge is 0.478 e. The van der Waals surface area contributed by atoms with Crippen molar-refractivity contribution < 1.29 is 19.5 Å². The number of thioether (sulfide) groups is 1. The Hall–Kier alpha value is -2.97. The van der Waals surface area contributed by atoms with Crippen molar-refractivity contribution in [2.45, 2.75) is 39.0 Å². The highest BCUT2D eigenvalue weighted by Gasteiger charge is 2.31. The maximum Gasteiger partial charge on any atom is 0.335 e. The summed E-state index contributed by atoms with van der Waals surface area (Å²) in [5, 5.41) is 11.7. The van der Waals surface area contributed by atoms with E-state index in [4.69, 9.17) is 17.3 Å². The molecule has 2 N–H and O–H groups in total. The number of carboxylic acid groups (broad SMARTS) is 1. The van der Waals surface area contributed by atoms with Crippen molar-refractivity contribution in [1.82, 2.24) is 4.90 Å². The van der Waals surface area contributed by atoms with Crippen molar-refractivity contribution in [1.29, 1.82) is 0 Å². The Balaban J connectivity index is 1.42. The van der Waals surface area contributed by atoms with Crippen LogP contribution in [-0.2, 0) is 16.0 Å². The van der Waals surface area contributed by atoms with Gasteiger partial charge in [0.2, 0.25) is 5.91 Å². The number of nitrogens with zero attached hydrogens (tertiary/aromatic N) is 1. The van der Waals surface area contributed by atoms with E-state index in [0.717, 1.165) is 24.8 Å². The summed E-state index contributed by atoms with van der Waals surface area (Å²) in [6.07, 6.45) is 5.36. The molecule has 0 atom stereocenters. The van der Waals surface area contributed by atoms with Gasteiger partial charge in [-0.2, -0.15) is 0 Å². The molecule has 33 heavy (non-hydrogen) atoms. The molecule has 3 rings (SSSR count). The van der Waals surface area contributed by atoms with E-state index in [1.807, 2.05) is 18.2 Å². The van der Waals surface area contributed by atoms with Crippen LogP contribution in [0.2, 0.25) is 0 Å². The number of hydrogen-bond donors (Lipinski definition) is 2. The molecule has 1 saturated heterocycles. The summed E-state index contributed by atoms with van der Waals surface area (Å²) in [6, 6.07) is 14.3. The molecule has 0 aromatic heterocycles. The Kier molecular flexibility index (Phi) is 8.79. The normalized spacial score (nSPS) is 14.7. The fourth-order valence-electron chi connectivity index (χ4n) is 3.38. The van der Waals surface area contributed by atoms with E-state index in [1.54, 1.807) is 17.0 Å². The van der Waals surface area contributed by atoms with E-state index in [2.05, 4.69) is 24.4 Å². The van der Waals surface area contributed by atoms with E-state index in [1.165, 1.54) is 29.5 Å². The number of carbonyl (C=O) groups excluding carboxylic acids is 2. The van der Waals surface area contributed by atoms with Gasteiger partial charge in [0.05, 0.1) is 10.5 Å². The zero-order valence-electron chi connectivity index (χ0n) is 18.4. The van der Waals surface area contributed by atoms with Gasteiger partial charge in [0.15, 0.2) is 0 Å². The molecule has 0 bridgehead atoms. The molecule has 0 radical (unpaired) electrons. The van der Waals surface area contributed by atoms with Crippen LogP contribution >= 0.6 is 24.0 Å². The second-order valence-electron chi connectivity index (χ2n) is 7.67. The van der Waals surface area contributed by atoms with Gasteiger partial charge >= 0.3 is 5.97 Å². The van der Waals surface area contributed by atoms with Gasteiger partial charge in [-0.25, -0.2) is 4.79 Å². The average Bonchev–Trinajstić information content (AvgIpc) is 3.06. The van der Waals surface area contributed by atoms with Gasteiger partial charge in [0.25, 0.3) is 5.91 Å². The number of rotatable bonds is 10. The Morgan fingerprint density at radius 3 is 2.58 bits per heavy atom. The van der Waals surface area contributed by atoms with Crippen LogP contribution in [0.4, 0.5) is 5.69 Å². The summed E-state index contributed by atoms with van der Waals surface area (Å²) in [7, 11) is 0. The molecule has 0 aliphatic carbocycles. The topological polar surface area (TPSA) is 86.7 Å². The summed E-state index contributed by atoms with van der Waals surface area (Å²) in [5.74, 6) is -1.27. The number of aromatic carboxylic acids is 1. The van der Waals surface area contributed by atoms with E-state index < -0.39 is 5.97 Å². The van der Waals surface area contributed by atoms with Gasteiger partial charge in [0.1, 0.15) is 4.32 Å². The van der Waals surface area contributed by atoms with E-state index >= 15 is 0 Å². The monoisotopic (exact) mass is 482 g/mol. The lowest BCUT2D eigenvalue weighted by Gasteiger charge is -2.14. The molecule has 2 aromatic carbocycles. The quantitative estimate of drug-likeness (QED) is 0.270. The number of unbranched alkanes of at least 4 members (excludes halogenated alkanes) is 2. The Morgan fingerprint density at radius 1 is 1.12 bits per heavy atom. The number of amides is 2. The molecule has 172 valence electrons. The maximum atomic E-state index is 12.7. The van der Waals surface area contributed by atoms with E-state index in [9.17, 15) is 14.4 Å². The standard InChI is InChI=1S/C25H26N2O4S2/c1-2-17-10-12-18(13-11-17)15-21-23(29)27(25(32)33-21)14-5-3-4-9-22(28)26-20-8-6-7-19(16-20)24(30)31/h6-8,10-13,15-16H,2-5,9,14H2,1H3,(H,26,28)(H,30,31)/b21-15-. The van der Waals surface area contributed by atoms with Gasteiger partial charge in [-0.15, -0.1) is 0 Å². The molecule has 1 aliphatic rings. The number of carboxylic acids is 1. The first kappa shape index (κ1) is 24.7. The van der Waals surface area contributed by atoms with Crippen molar-refractivity contribution in [2.75, 3.05) is 11.9 Å². The van der Waals surface area contributed by atoms with Crippen LogP contribution in [0.15, 0.2) is 53.4 Å². The SMILES string of the molecule is CCc1ccc(/C=C2\SC(=S)N(CCCCCC(=O)Nc3cccc(C(=O)O)c3)C2=O)cc1. The van der Waals surface area contributed by atoms with Crippen molar-refractivity contribution in [3.63, 3.8) is 0 Å².